The number of aromatic nitrogens is 1. The van der Waals surface area contributed by atoms with Crippen molar-refractivity contribution < 1.29 is 12.8 Å². The molecule has 4 nitrogen and oxygen atoms in total. The monoisotopic (exact) mass is 306 g/mol. The van der Waals surface area contributed by atoms with Gasteiger partial charge in [0.05, 0.1) is 0 Å². The fraction of sp³-hybridized carbons (Fsp3) is 0.100. The Morgan fingerprint density at radius 3 is 2.78 bits per heavy atom. The topological polar surface area (TPSA) is 59.1 Å². The predicted octanol–water partition coefficient (Wildman–Crippen LogP) is 3.04. The van der Waals surface area contributed by atoms with Crippen LogP contribution < -0.4 is 4.72 Å². The second-order valence-electron chi connectivity index (χ2n) is 3.47. The smallest absolute Gasteiger partial charge is 0.255 e. The lowest BCUT2D eigenvalue weighted by atomic mass is 10.2. The second-order valence-corrected chi connectivity index (χ2v) is 6.43. The first-order valence-corrected chi connectivity index (χ1v) is 7.52. The number of benzene rings is 1. The third-order valence-electron chi connectivity index (χ3n) is 2.16. The van der Waals surface area contributed by atoms with Crippen LogP contribution in [0.15, 0.2) is 28.6 Å². The number of thiazole rings is 1. The molecule has 0 saturated heterocycles. The third kappa shape index (κ3) is 2.63. The summed E-state index contributed by atoms with van der Waals surface area (Å²) in [7, 11) is -4.01. The minimum absolute atomic E-state index is 0.172. The largest absolute Gasteiger partial charge is 0.266 e. The predicted molar refractivity (Wildman–Crippen MR) is 69.1 cm³/mol. The summed E-state index contributed by atoms with van der Waals surface area (Å²) >= 11 is 6.90. The highest BCUT2D eigenvalue weighted by molar-refractivity contribution is 7.93. The molecular formula is C10H8ClFN2O2S2. The van der Waals surface area contributed by atoms with E-state index in [-0.39, 0.29) is 10.2 Å². The van der Waals surface area contributed by atoms with Crippen molar-refractivity contribution in [3.05, 3.63) is 40.1 Å². The molecule has 0 bridgehead atoms. The molecule has 1 aromatic heterocycles. The van der Waals surface area contributed by atoms with E-state index in [0.29, 0.717) is 5.56 Å². The Kier molecular flexibility index (Phi) is 3.56. The van der Waals surface area contributed by atoms with Crippen LogP contribution in [0.1, 0.15) is 5.56 Å². The fourth-order valence-electron chi connectivity index (χ4n) is 1.28. The maximum absolute atomic E-state index is 13.7. The average molecular weight is 307 g/mol. The molecule has 8 heteroatoms. The van der Waals surface area contributed by atoms with Gasteiger partial charge in [0.2, 0.25) is 0 Å². The van der Waals surface area contributed by atoms with Gasteiger partial charge in [0, 0.05) is 16.6 Å². The normalized spacial score (nSPS) is 11.5. The number of rotatable bonds is 3. The van der Waals surface area contributed by atoms with Crippen LogP contribution >= 0.6 is 22.9 Å². The molecule has 0 aliphatic carbocycles. The molecule has 0 atom stereocenters. The summed E-state index contributed by atoms with van der Waals surface area (Å²) in [5.41, 5.74) is 0.474. The summed E-state index contributed by atoms with van der Waals surface area (Å²) < 4.78 is 39.7. The minimum Gasteiger partial charge on any atom is -0.255 e. The summed E-state index contributed by atoms with van der Waals surface area (Å²) in [5.74, 6) is -0.846. The van der Waals surface area contributed by atoms with E-state index in [0.717, 1.165) is 23.5 Å². The first kappa shape index (κ1) is 13.3. The molecule has 18 heavy (non-hydrogen) atoms. The highest BCUT2D eigenvalue weighted by Crippen LogP contribution is 2.25. The molecule has 0 fully saturated rings. The number of nitrogens with zero attached hydrogens (tertiary/aromatic N) is 1. The van der Waals surface area contributed by atoms with Crippen molar-refractivity contribution in [2.75, 3.05) is 4.72 Å². The zero-order valence-corrected chi connectivity index (χ0v) is 11.5. The number of anilines is 1. The number of halogens is 2. The summed E-state index contributed by atoms with van der Waals surface area (Å²) in [4.78, 5) is 3.28. The first-order valence-electron chi connectivity index (χ1n) is 4.78. The van der Waals surface area contributed by atoms with Crippen LogP contribution in [-0.2, 0) is 10.0 Å². The van der Waals surface area contributed by atoms with Gasteiger partial charge in [-0.25, -0.2) is 17.8 Å². The molecule has 1 N–H and O–H groups in total. The standard InChI is InChI=1S/C10H8ClFN2O2S2/c1-6-4-8(12)9(5-7(6)11)18(15,16)14-10-13-2-3-17-10/h2-5H,1H3,(H,13,14). The molecule has 0 radical (unpaired) electrons. The molecule has 2 rings (SSSR count). The lowest BCUT2D eigenvalue weighted by Crippen LogP contribution is -2.14. The zero-order chi connectivity index (χ0) is 13.3. The van der Waals surface area contributed by atoms with Gasteiger partial charge in [-0.3, -0.25) is 4.72 Å². The first-order chi connectivity index (χ1) is 8.40. The van der Waals surface area contributed by atoms with Crippen molar-refractivity contribution in [2.24, 2.45) is 0 Å². The number of nitrogens with one attached hydrogen (secondary N) is 1. The van der Waals surface area contributed by atoms with Crippen LogP contribution in [0, 0.1) is 12.7 Å². The quantitative estimate of drug-likeness (QED) is 0.948. The van der Waals surface area contributed by atoms with Crippen molar-refractivity contribution in [3.63, 3.8) is 0 Å². The maximum Gasteiger partial charge on any atom is 0.266 e. The van der Waals surface area contributed by atoms with Gasteiger partial charge in [-0.1, -0.05) is 11.6 Å². The summed E-state index contributed by atoms with van der Waals surface area (Å²) in [6, 6.07) is 2.17. The highest BCUT2D eigenvalue weighted by atomic mass is 35.5. The van der Waals surface area contributed by atoms with E-state index in [4.69, 9.17) is 11.6 Å². The Morgan fingerprint density at radius 1 is 1.44 bits per heavy atom. The van der Waals surface area contributed by atoms with E-state index in [9.17, 15) is 12.8 Å². The molecule has 0 aliphatic rings. The number of hydrogen-bond acceptors (Lipinski definition) is 4. The van der Waals surface area contributed by atoms with E-state index in [1.807, 2.05) is 0 Å². The average Bonchev–Trinajstić information content (AvgIpc) is 2.75. The van der Waals surface area contributed by atoms with Crippen LogP contribution in [0.5, 0.6) is 0 Å². The van der Waals surface area contributed by atoms with E-state index in [1.165, 1.54) is 6.20 Å². The summed E-state index contributed by atoms with van der Waals surface area (Å²) in [5, 5.41) is 1.97. The fourth-order valence-corrected chi connectivity index (χ4v) is 3.38. The maximum atomic E-state index is 13.7. The van der Waals surface area contributed by atoms with Gasteiger partial charge in [-0.15, -0.1) is 11.3 Å². The molecule has 0 saturated carbocycles. The van der Waals surface area contributed by atoms with Gasteiger partial charge in [-0.2, -0.15) is 0 Å². The summed E-state index contributed by atoms with van der Waals surface area (Å²) in [6.45, 7) is 1.59. The molecule has 0 unspecified atom stereocenters. The SMILES string of the molecule is Cc1cc(F)c(S(=O)(=O)Nc2nccs2)cc1Cl. The van der Waals surface area contributed by atoms with Crippen LogP contribution in [-0.4, -0.2) is 13.4 Å². The summed E-state index contributed by atoms with van der Waals surface area (Å²) in [6.07, 6.45) is 1.45. The number of sulfonamides is 1. The van der Waals surface area contributed by atoms with E-state index in [2.05, 4.69) is 9.71 Å². The number of hydrogen-bond donors (Lipinski definition) is 1. The molecular weight excluding hydrogens is 299 g/mol. The number of aryl methyl sites for hydroxylation is 1. The zero-order valence-electron chi connectivity index (χ0n) is 9.15. The van der Waals surface area contributed by atoms with Crippen LogP contribution in [0.2, 0.25) is 5.02 Å². The molecule has 0 aliphatic heterocycles. The van der Waals surface area contributed by atoms with Crippen LogP contribution in [0.4, 0.5) is 9.52 Å². The Hall–Kier alpha value is -1.18. The van der Waals surface area contributed by atoms with Crippen molar-refractivity contribution in [3.8, 4) is 0 Å². The second kappa shape index (κ2) is 4.83. The van der Waals surface area contributed by atoms with Gasteiger partial charge < -0.3 is 0 Å². The van der Waals surface area contributed by atoms with Gasteiger partial charge in [0.25, 0.3) is 10.0 Å². The van der Waals surface area contributed by atoms with Gasteiger partial charge in [0.15, 0.2) is 5.13 Å². The Labute approximate surface area is 112 Å². The molecule has 2 aromatic rings. The van der Waals surface area contributed by atoms with Crippen molar-refractivity contribution in [2.45, 2.75) is 11.8 Å². The molecule has 0 amide bonds. The van der Waals surface area contributed by atoms with Crippen molar-refractivity contribution in [1.82, 2.24) is 4.98 Å². The van der Waals surface area contributed by atoms with Gasteiger partial charge in [-0.05, 0) is 24.6 Å². The molecule has 1 heterocycles. The van der Waals surface area contributed by atoms with E-state index >= 15 is 0 Å². The van der Waals surface area contributed by atoms with Gasteiger partial charge in [0.1, 0.15) is 10.7 Å². The third-order valence-corrected chi connectivity index (χ3v) is 4.74. The lowest BCUT2D eigenvalue weighted by molar-refractivity contribution is 0.569. The highest BCUT2D eigenvalue weighted by Gasteiger charge is 2.21. The van der Waals surface area contributed by atoms with Crippen LogP contribution in [0.25, 0.3) is 0 Å². The molecule has 1 aromatic carbocycles. The Bertz CT molecular complexity index is 671. The van der Waals surface area contributed by atoms with E-state index in [1.54, 1.807) is 12.3 Å². The van der Waals surface area contributed by atoms with Crippen LogP contribution in [0.3, 0.4) is 0 Å². The minimum atomic E-state index is -4.01. The van der Waals surface area contributed by atoms with Crippen molar-refractivity contribution >= 4 is 38.1 Å². The molecule has 0 spiro atoms. The van der Waals surface area contributed by atoms with E-state index < -0.39 is 20.7 Å². The lowest BCUT2D eigenvalue weighted by Gasteiger charge is -2.08. The van der Waals surface area contributed by atoms with Gasteiger partial charge >= 0.3 is 0 Å². The molecule has 96 valence electrons. The Morgan fingerprint density at radius 2 is 2.17 bits per heavy atom. The Balaban J connectivity index is 2.44. The van der Waals surface area contributed by atoms with Crippen molar-refractivity contribution in [1.29, 1.82) is 0 Å².